The predicted octanol–water partition coefficient (Wildman–Crippen LogP) is 3.01. The summed E-state index contributed by atoms with van der Waals surface area (Å²) in [4.78, 5) is 21.7. The summed E-state index contributed by atoms with van der Waals surface area (Å²) in [6.45, 7) is 3.08. The lowest BCUT2D eigenvalue weighted by Crippen LogP contribution is -2.59. The zero-order valence-corrected chi connectivity index (χ0v) is 15.3. The number of para-hydroxylation sites is 1. The number of carbonyl (C=O) groups excluding carboxylic acids is 1. The number of amides is 1. The van der Waals surface area contributed by atoms with Gasteiger partial charge in [-0.2, -0.15) is 0 Å². The lowest BCUT2D eigenvalue weighted by Gasteiger charge is -2.42. The number of anilines is 1. The second kappa shape index (κ2) is 7.74. The number of aromatic nitrogens is 1. The first-order chi connectivity index (χ1) is 13.2. The summed E-state index contributed by atoms with van der Waals surface area (Å²) in [6.07, 6.45) is 3.88. The van der Waals surface area contributed by atoms with E-state index in [1.165, 1.54) is 12.3 Å². The van der Waals surface area contributed by atoms with Crippen LogP contribution in [0.5, 0.6) is 0 Å². The van der Waals surface area contributed by atoms with E-state index in [-0.39, 0.29) is 11.7 Å². The van der Waals surface area contributed by atoms with Crippen molar-refractivity contribution in [1.82, 2.24) is 9.88 Å². The van der Waals surface area contributed by atoms with Crippen molar-refractivity contribution in [3.8, 4) is 0 Å². The van der Waals surface area contributed by atoms with Crippen LogP contribution in [-0.2, 0) is 16.1 Å². The largest absolute Gasteiger partial charge is 0.362 e. The van der Waals surface area contributed by atoms with Gasteiger partial charge in [-0.15, -0.1) is 0 Å². The lowest BCUT2D eigenvalue weighted by atomic mass is 9.94. The van der Waals surface area contributed by atoms with Crippen LogP contribution in [0.4, 0.5) is 10.1 Å². The van der Waals surface area contributed by atoms with Gasteiger partial charge in [0.15, 0.2) is 5.60 Å². The third-order valence-corrected chi connectivity index (χ3v) is 5.35. The van der Waals surface area contributed by atoms with Gasteiger partial charge in [-0.3, -0.25) is 14.7 Å². The highest BCUT2D eigenvalue weighted by molar-refractivity contribution is 6.00. The molecule has 2 aromatic rings. The van der Waals surface area contributed by atoms with Crippen LogP contribution < -0.4 is 4.90 Å². The molecule has 2 aliphatic rings. The van der Waals surface area contributed by atoms with Crippen LogP contribution in [0.15, 0.2) is 48.7 Å². The minimum atomic E-state index is -0.815. The van der Waals surface area contributed by atoms with Gasteiger partial charge in [0, 0.05) is 31.9 Å². The van der Waals surface area contributed by atoms with Gasteiger partial charge in [0.05, 0.1) is 18.5 Å². The molecule has 0 N–H and O–H groups in total. The summed E-state index contributed by atoms with van der Waals surface area (Å²) in [5, 5.41) is 0. The van der Waals surface area contributed by atoms with Crippen LogP contribution in [0.2, 0.25) is 0 Å². The van der Waals surface area contributed by atoms with E-state index in [1.807, 2.05) is 35.2 Å². The number of hydrogen-bond acceptors (Lipinski definition) is 4. The van der Waals surface area contributed by atoms with Crippen molar-refractivity contribution < 1.29 is 13.9 Å². The predicted molar refractivity (Wildman–Crippen MR) is 101 cm³/mol. The average molecular weight is 369 g/mol. The van der Waals surface area contributed by atoms with E-state index in [1.54, 1.807) is 6.07 Å². The summed E-state index contributed by atoms with van der Waals surface area (Å²) in [5.41, 5.74) is 0.907. The molecular weight excluding hydrogens is 345 g/mol. The quantitative estimate of drug-likeness (QED) is 0.834. The van der Waals surface area contributed by atoms with Crippen molar-refractivity contribution in [2.75, 3.05) is 31.1 Å². The van der Waals surface area contributed by atoms with Crippen LogP contribution in [0.3, 0.4) is 0 Å². The fourth-order valence-electron chi connectivity index (χ4n) is 3.99. The number of halogens is 1. The topological polar surface area (TPSA) is 45.7 Å². The van der Waals surface area contributed by atoms with Gasteiger partial charge < -0.3 is 9.64 Å². The normalized spacial score (nSPS) is 24.2. The van der Waals surface area contributed by atoms with Crippen molar-refractivity contribution in [3.05, 3.63) is 60.2 Å². The monoisotopic (exact) mass is 369 g/mol. The molecule has 2 aliphatic heterocycles. The highest BCUT2D eigenvalue weighted by Gasteiger charge is 2.47. The van der Waals surface area contributed by atoms with Crippen molar-refractivity contribution in [2.24, 2.45) is 0 Å². The Morgan fingerprint density at radius 1 is 1.11 bits per heavy atom. The van der Waals surface area contributed by atoms with Crippen LogP contribution in [0.25, 0.3) is 0 Å². The number of nitrogens with zero attached hydrogens (tertiary/aromatic N) is 3. The van der Waals surface area contributed by atoms with Crippen molar-refractivity contribution in [3.63, 3.8) is 0 Å². The lowest BCUT2D eigenvalue weighted by molar-refractivity contribution is -0.158. The Hall–Kier alpha value is -2.31. The molecule has 1 amide bonds. The molecule has 5 nitrogen and oxygen atoms in total. The van der Waals surface area contributed by atoms with Crippen molar-refractivity contribution >= 4 is 11.6 Å². The third kappa shape index (κ3) is 3.87. The molecule has 1 spiro atoms. The first-order valence-corrected chi connectivity index (χ1v) is 9.50. The number of hydrogen-bond donors (Lipinski definition) is 0. The Balaban J connectivity index is 1.54. The number of benzene rings is 1. The van der Waals surface area contributed by atoms with Gasteiger partial charge >= 0.3 is 0 Å². The van der Waals surface area contributed by atoms with Gasteiger partial charge in [-0.25, -0.2) is 4.39 Å². The van der Waals surface area contributed by atoms with E-state index in [0.717, 1.165) is 37.2 Å². The van der Waals surface area contributed by atoms with Crippen LogP contribution >= 0.6 is 0 Å². The average Bonchev–Trinajstić information content (AvgIpc) is 2.84. The van der Waals surface area contributed by atoms with Crippen LogP contribution in [-0.4, -0.2) is 47.6 Å². The highest BCUT2D eigenvalue weighted by atomic mass is 19.1. The molecule has 0 radical (unpaired) electrons. The first kappa shape index (κ1) is 18.1. The van der Waals surface area contributed by atoms with E-state index >= 15 is 0 Å². The van der Waals surface area contributed by atoms with Crippen molar-refractivity contribution in [1.29, 1.82) is 0 Å². The molecule has 6 heteroatoms. The Bertz CT molecular complexity index is 784. The summed E-state index contributed by atoms with van der Waals surface area (Å²) >= 11 is 0. The van der Waals surface area contributed by atoms with Crippen LogP contribution in [0, 0.1) is 5.82 Å². The Morgan fingerprint density at radius 2 is 1.96 bits per heavy atom. The summed E-state index contributed by atoms with van der Waals surface area (Å²) < 4.78 is 19.2. The molecule has 0 aliphatic carbocycles. The number of rotatable bonds is 3. The highest BCUT2D eigenvalue weighted by Crippen LogP contribution is 2.32. The second-order valence-corrected chi connectivity index (χ2v) is 7.27. The molecule has 1 aromatic heterocycles. The maximum atomic E-state index is 13.5. The Labute approximate surface area is 158 Å². The van der Waals surface area contributed by atoms with E-state index in [9.17, 15) is 9.18 Å². The summed E-state index contributed by atoms with van der Waals surface area (Å²) in [6, 6.07) is 12.9. The van der Waals surface area contributed by atoms with E-state index in [0.29, 0.717) is 26.2 Å². The third-order valence-electron chi connectivity index (χ3n) is 5.35. The minimum absolute atomic E-state index is 0.0444. The molecule has 2 saturated heterocycles. The van der Waals surface area contributed by atoms with Crippen molar-refractivity contribution in [2.45, 2.75) is 31.4 Å². The molecule has 142 valence electrons. The molecule has 1 aromatic carbocycles. The Morgan fingerprint density at radius 3 is 2.74 bits per heavy atom. The molecule has 2 fully saturated rings. The maximum absolute atomic E-state index is 13.5. The van der Waals surface area contributed by atoms with E-state index in [4.69, 9.17) is 4.74 Å². The first-order valence-electron chi connectivity index (χ1n) is 9.50. The molecule has 1 unspecified atom stereocenters. The standard InChI is InChI=1S/C21H24FN3O2/c22-17-8-9-18(23-14-17)15-24-12-13-27-21(16-24)10-4-5-11-25(20(21)26)19-6-2-1-3-7-19/h1-3,6-9,14H,4-5,10-13,15-16H2. The SMILES string of the molecule is O=C1N(c2ccccc2)CCCCC12CN(Cc1ccc(F)cn1)CCO2. The number of ether oxygens (including phenoxy) is 1. The van der Waals surface area contributed by atoms with Gasteiger partial charge in [0.25, 0.3) is 5.91 Å². The van der Waals surface area contributed by atoms with Gasteiger partial charge in [0.2, 0.25) is 0 Å². The molecule has 4 rings (SSSR count). The smallest absolute Gasteiger partial charge is 0.260 e. The zero-order valence-electron chi connectivity index (χ0n) is 15.3. The minimum Gasteiger partial charge on any atom is -0.362 e. The molecular formula is C21H24FN3O2. The Kier molecular flexibility index (Phi) is 5.18. The molecule has 3 heterocycles. The number of pyridine rings is 1. The van der Waals surface area contributed by atoms with E-state index < -0.39 is 5.60 Å². The number of carbonyl (C=O) groups is 1. The van der Waals surface area contributed by atoms with Gasteiger partial charge in [-0.1, -0.05) is 18.2 Å². The van der Waals surface area contributed by atoms with Crippen LogP contribution in [0.1, 0.15) is 25.0 Å². The van der Waals surface area contributed by atoms with Gasteiger partial charge in [0.1, 0.15) is 5.82 Å². The fourth-order valence-corrected chi connectivity index (χ4v) is 3.99. The van der Waals surface area contributed by atoms with Gasteiger partial charge in [-0.05, 0) is 43.5 Å². The molecule has 1 atom stereocenters. The zero-order chi connectivity index (χ0) is 18.7. The van der Waals surface area contributed by atoms with E-state index in [2.05, 4.69) is 9.88 Å². The molecule has 0 saturated carbocycles. The second-order valence-electron chi connectivity index (χ2n) is 7.27. The fraction of sp³-hybridized carbons (Fsp3) is 0.429. The molecule has 0 bridgehead atoms. The summed E-state index contributed by atoms with van der Waals surface area (Å²) in [7, 11) is 0. The summed E-state index contributed by atoms with van der Waals surface area (Å²) in [5.74, 6) is -0.294. The molecule has 27 heavy (non-hydrogen) atoms. The maximum Gasteiger partial charge on any atom is 0.260 e. The number of morpholine rings is 1.